The summed E-state index contributed by atoms with van der Waals surface area (Å²) in [7, 11) is 0. The second-order valence-electron chi connectivity index (χ2n) is 5.29. The van der Waals surface area contributed by atoms with Gasteiger partial charge in [0.05, 0.1) is 25.5 Å². The SMILES string of the molecule is CC(NC(=O)CN1CCC(C)C1CO)c1ccco1. The van der Waals surface area contributed by atoms with E-state index in [0.717, 1.165) is 18.7 Å². The van der Waals surface area contributed by atoms with E-state index in [9.17, 15) is 9.90 Å². The van der Waals surface area contributed by atoms with Crippen LogP contribution < -0.4 is 5.32 Å². The average Bonchev–Trinajstić information content (AvgIpc) is 2.99. The van der Waals surface area contributed by atoms with E-state index >= 15 is 0 Å². The monoisotopic (exact) mass is 266 g/mol. The van der Waals surface area contributed by atoms with Crippen molar-refractivity contribution in [3.05, 3.63) is 24.2 Å². The first-order valence-electron chi connectivity index (χ1n) is 6.79. The minimum atomic E-state index is -0.130. The molecule has 1 aliphatic rings. The van der Waals surface area contributed by atoms with Crippen LogP contribution in [0.15, 0.2) is 22.8 Å². The van der Waals surface area contributed by atoms with Crippen LogP contribution in [0.1, 0.15) is 32.1 Å². The standard InChI is InChI=1S/C14H22N2O3/c1-10-5-6-16(12(10)9-17)8-14(18)15-11(2)13-4-3-7-19-13/h3-4,7,10-12,17H,5-6,8-9H2,1-2H3,(H,15,18). The highest BCUT2D eigenvalue weighted by molar-refractivity contribution is 5.78. The van der Waals surface area contributed by atoms with Crippen molar-refractivity contribution in [3.8, 4) is 0 Å². The fourth-order valence-corrected chi connectivity index (χ4v) is 2.66. The predicted octanol–water partition coefficient (Wildman–Crippen LogP) is 1.16. The van der Waals surface area contributed by atoms with Crippen LogP contribution in [0.25, 0.3) is 0 Å². The number of likely N-dealkylation sites (tertiary alicyclic amines) is 1. The van der Waals surface area contributed by atoms with Crippen molar-refractivity contribution in [1.82, 2.24) is 10.2 Å². The highest BCUT2D eigenvalue weighted by Crippen LogP contribution is 2.23. The Hall–Kier alpha value is -1.33. The Balaban J connectivity index is 1.84. The van der Waals surface area contributed by atoms with Crippen LogP contribution in [-0.2, 0) is 4.79 Å². The molecule has 1 aliphatic heterocycles. The number of nitrogens with zero attached hydrogens (tertiary/aromatic N) is 1. The molecule has 2 heterocycles. The van der Waals surface area contributed by atoms with Crippen molar-refractivity contribution in [2.75, 3.05) is 19.7 Å². The fraction of sp³-hybridized carbons (Fsp3) is 0.643. The lowest BCUT2D eigenvalue weighted by Gasteiger charge is -2.24. The van der Waals surface area contributed by atoms with Crippen molar-refractivity contribution in [1.29, 1.82) is 0 Å². The Kier molecular flexibility index (Phi) is 4.61. The zero-order valence-electron chi connectivity index (χ0n) is 11.5. The van der Waals surface area contributed by atoms with Crippen molar-refractivity contribution in [3.63, 3.8) is 0 Å². The summed E-state index contributed by atoms with van der Waals surface area (Å²) in [5, 5.41) is 12.3. The third-order valence-electron chi connectivity index (χ3n) is 3.88. The number of amides is 1. The molecule has 0 spiro atoms. The summed E-state index contributed by atoms with van der Waals surface area (Å²) in [5.41, 5.74) is 0. The molecule has 0 bridgehead atoms. The van der Waals surface area contributed by atoms with E-state index in [2.05, 4.69) is 17.1 Å². The number of hydrogen-bond acceptors (Lipinski definition) is 4. The molecule has 106 valence electrons. The number of rotatable bonds is 5. The van der Waals surface area contributed by atoms with Gasteiger partial charge in [0, 0.05) is 6.04 Å². The lowest BCUT2D eigenvalue weighted by molar-refractivity contribution is -0.123. The highest BCUT2D eigenvalue weighted by Gasteiger charge is 2.31. The number of nitrogens with one attached hydrogen (secondary N) is 1. The number of hydrogen-bond donors (Lipinski definition) is 2. The van der Waals surface area contributed by atoms with Crippen LogP contribution in [0, 0.1) is 5.92 Å². The molecule has 0 saturated carbocycles. The maximum absolute atomic E-state index is 12.0. The topological polar surface area (TPSA) is 65.7 Å². The second kappa shape index (κ2) is 6.21. The van der Waals surface area contributed by atoms with Gasteiger partial charge in [0.2, 0.25) is 5.91 Å². The number of furan rings is 1. The van der Waals surface area contributed by atoms with Gasteiger partial charge in [-0.1, -0.05) is 6.92 Å². The first kappa shape index (κ1) is 14.1. The Morgan fingerprint density at radius 3 is 3.11 bits per heavy atom. The van der Waals surface area contributed by atoms with E-state index in [1.165, 1.54) is 0 Å². The molecule has 0 aliphatic carbocycles. The maximum atomic E-state index is 12.0. The van der Waals surface area contributed by atoms with E-state index in [1.54, 1.807) is 6.26 Å². The van der Waals surface area contributed by atoms with Gasteiger partial charge in [-0.2, -0.15) is 0 Å². The molecule has 1 aromatic heterocycles. The molecule has 1 saturated heterocycles. The first-order valence-corrected chi connectivity index (χ1v) is 6.79. The largest absolute Gasteiger partial charge is 0.467 e. The molecule has 1 aromatic rings. The maximum Gasteiger partial charge on any atom is 0.234 e. The van der Waals surface area contributed by atoms with Gasteiger partial charge < -0.3 is 14.8 Å². The molecule has 3 unspecified atom stereocenters. The van der Waals surface area contributed by atoms with Gasteiger partial charge in [-0.05, 0) is 37.9 Å². The van der Waals surface area contributed by atoms with E-state index in [4.69, 9.17) is 4.42 Å². The van der Waals surface area contributed by atoms with Crippen molar-refractivity contribution in [2.24, 2.45) is 5.92 Å². The molecule has 5 heteroatoms. The predicted molar refractivity (Wildman–Crippen MR) is 71.5 cm³/mol. The zero-order chi connectivity index (χ0) is 13.8. The molecule has 0 radical (unpaired) electrons. The van der Waals surface area contributed by atoms with Crippen LogP contribution in [0.3, 0.4) is 0 Å². The van der Waals surface area contributed by atoms with Gasteiger partial charge >= 0.3 is 0 Å². The molecular weight excluding hydrogens is 244 g/mol. The molecule has 19 heavy (non-hydrogen) atoms. The summed E-state index contributed by atoms with van der Waals surface area (Å²) in [6.45, 7) is 5.33. The zero-order valence-corrected chi connectivity index (χ0v) is 11.5. The lowest BCUT2D eigenvalue weighted by Crippen LogP contribution is -2.43. The normalized spacial score (nSPS) is 25.4. The number of carbonyl (C=O) groups excluding carboxylic acids is 1. The fourth-order valence-electron chi connectivity index (χ4n) is 2.66. The van der Waals surface area contributed by atoms with Crippen LogP contribution in [0.5, 0.6) is 0 Å². The number of carbonyl (C=O) groups is 1. The second-order valence-corrected chi connectivity index (χ2v) is 5.29. The van der Waals surface area contributed by atoms with Gasteiger partial charge in [-0.3, -0.25) is 9.69 Å². The summed E-state index contributed by atoms with van der Waals surface area (Å²) in [5.74, 6) is 1.17. The summed E-state index contributed by atoms with van der Waals surface area (Å²) < 4.78 is 5.26. The molecule has 2 rings (SSSR count). The van der Waals surface area contributed by atoms with Gasteiger partial charge in [0.15, 0.2) is 0 Å². The van der Waals surface area contributed by atoms with Gasteiger partial charge in [-0.15, -0.1) is 0 Å². The highest BCUT2D eigenvalue weighted by atomic mass is 16.3. The summed E-state index contributed by atoms with van der Waals surface area (Å²) in [6, 6.07) is 3.63. The summed E-state index contributed by atoms with van der Waals surface area (Å²) >= 11 is 0. The third-order valence-corrected chi connectivity index (χ3v) is 3.88. The molecule has 2 N–H and O–H groups in total. The van der Waals surface area contributed by atoms with Crippen LogP contribution in [0.2, 0.25) is 0 Å². The quantitative estimate of drug-likeness (QED) is 0.839. The van der Waals surface area contributed by atoms with Crippen molar-refractivity contribution >= 4 is 5.91 Å². The molecule has 0 aromatic carbocycles. The van der Waals surface area contributed by atoms with Crippen LogP contribution in [0.4, 0.5) is 0 Å². The number of aliphatic hydroxyl groups excluding tert-OH is 1. The first-order chi connectivity index (χ1) is 9.11. The van der Waals surface area contributed by atoms with Crippen molar-refractivity contribution < 1.29 is 14.3 Å². The Morgan fingerprint density at radius 2 is 2.47 bits per heavy atom. The Morgan fingerprint density at radius 1 is 1.68 bits per heavy atom. The van der Waals surface area contributed by atoms with E-state index in [-0.39, 0.29) is 24.6 Å². The Labute approximate surface area is 113 Å². The third kappa shape index (κ3) is 3.36. The van der Waals surface area contributed by atoms with Crippen LogP contribution in [-0.4, -0.2) is 41.7 Å². The van der Waals surface area contributed by atoms with Crippen LogP contribution >= 0.6 is 0 Å². The average molecular weight is 266 g/mol. The molecule has 3 atom stereocenters. The van der Waals surface area contributed by atoms with Crippen molar-refractivity contribution in [2.45, 2.75) is 32.4 Å². The van der Waals surface area contributed by atoms with Gasteiger partial charge in [-0.25, -0.2) is 0 Å². The summed E-state index contributed by atoms with van der Waals surface area (Å²) in [4.78, 5) is 14.0. The van der Waals surface area contributed by atoms with Gasteiger partial charge in [0.25, 0.3) is 0 Å². The van der Waals surface area contributed by atoms with E-state index in [1.807, 2.05) is 19.1 Å². The smallest absolute Gasteiger partial charge is 0.234 e. The molecule has 1 amide bonds. The van der Waals surface area contributed by atoms with Gasteiger partial charge in [0.1, 0.15) is 5.76 Å². The molecule has 5 nitrogen and oxygen atoms in total. The Bertz CT molecular complexity index is 405. The minimum Gasteiger partial charge on any atom is -0.467 e. The summed E-state index contributed by atoms with van der Waals surface area (Å²) in [6.07, 6.45) is 2.63. The lowest BCUT2D eigenvalue weighted by atomic mass is 10.0. The minimum absolute atomic E-state index is 0.0311. The molecular formula is C14H22N2O3. The number of aliphatic hydroxyl groups is 1. The molecule has 1 fully saturated rings. The van der Waals surface area contributed by atoms with E-state index < -0.39 is 0 Å². The van der Waals surface area contributed by atoms with E-state index in [0.29, 0.717) is 12.5 Å².